The number of rotatable bonds is 5. The first-order chi connectivity index (χ1) is 16.6. The highest BCUT2D eigenvalue weighted by atomic mass is 32.2. The molecule has 2 aromatic rings. The molecule has 5 rings (SSSR count). The Hall–Kier alpha value is -2.71. The molecule has 2 amide bonds. The Labute approximate surface area is 205 Å². The number of fused-ring (bicyclic) bond motifs is 1. The first-order valence-corrected chi connectivity index (χ1v) is 13.1. The highest BCUT2D eigenvalue weighted by molar-refractivity contribution is 8.18. The largest absolute Gasteiger partial charge is 0.341 e. The van der Waals surface area contributed by atoms with Crippen molar-refractivity contribution in [3.05, 3.63) is 58.3 Å². The van der Waals surface area contributed by atoms with E-state index in [2.05, 4.69) is 49.8 Å². The van der Waals surface area contributed by atoms with E-state index in [-0.39, 0.29) is 11.1 Å². The number of carbonyl (C=O) groups excluding carboxylic acids is 2. The van der Waals surface area contributed by atoms with Gasteiger partial charge in [-0.25, -0.2) is 9.97 Å². The lowest BCUT2D eigenvalue weighted by Crippen LogP contribution is -2.42. The van der Waals surface area contributed by atoms with E-state index in [0.717, 1.165) is 50.7 Å². The van der Waals surface area contributed by atoms with Crippen molar-refractivity contribution in [2.75, 3.05) is 24.5 Å². The summed E-state index contributed by atoms with van der Waals surface area (Å²) in [6, 6.07) is 11.1. The summed E-state index contributed by atoms with van der Waals surface area (Å²) in [7, 11) is 0. The maximum atomic E-state index is 11.8. The summed E-state index contributed by atoms with van der Waals surface area (Å²) in [6.45, 7) is 6.91. The number of piperidine rings is 1. The molecule has 1 aliphatic carbocycles. The molecule has 1 unspecified atom stereocenters. The molecule has 1 atom stereocenters. The molecule has 3 aliphatic rings. The van der Waals surface area contributed by atoms with Crippen molar-refractivity contribution in [1.82, 2.24) is 20.6 Å². The van der Waals surface area contributed by atoms with Gasteiger partial charge in [0.05, 0.1) is 10.6 Å². The van der Waals surface area contributed by atoms with Gasteiger partial charge >= 0.3 is 0 Å². The summed E-state index contributed by atoms with van der Waals surface area (Å²) >= 11 is 0.904. The van der Waals surface area contributed by atoms with Crippen LogP contribution in [0.5, 0.6) is 0 Å². The van der Waals surface area contributed by atoms with Crippen molar-refractivity contribution in [3.63, 3.8) is 0 Å². The quantitative estimate of drug-likeness (QED) is 0.622. The number of nitrogens with zero attached hydrogens (tertiary/aromatic N) is 3. The van der Waals surface area contributed by atoms with E-state index in [1.165, 1.54) is 24.0 Å². The van der Waals surface area contributed by atoms with Crippen LogP contribution >= 0.6 is 11.8 Å². The number of amides is 2. The zero-order chi connectivity index (χ0) is 23.9. The Morgan fingerprint density at radius 1 is 1.12 bits per heavy atom. The van der Waals surface area contributed by atoms with Crippen molar-refractivity contribution in [1.29, 1.82) is 0 Å². The fraction of sp³-hybridized carbons (Fsp3) is 0.462. The zero-order valence-electron chi connectivity index (χ0n) is 19.9. The van der Waals surface area contributed by atoms with Gasteiger partial charge in [-0.3, -0.25) is 14.9 Å². The van der Waals surface area contributed by atoms with Gasteiger partial charge < -0.3 is 10.2 Å². The summed E-state index contributed by atoms with van der Waals surface area (Å²) in [5.41, 5.74) is 3.65. The van der Waals surface area contributed by atoms with E-state index in [4.69, 9.17) is 0 Å². The van der Waals surface area contributed by atoms with Crippen LogP contribution in [-0.2, 0) is 17.6 Å². The SMILES string of the molecule is CC.O=C1NC(=O)/C(=C/c2ccnc(N3CCC(CNC4CCc5ccccc5C4)CC3)n2)S1. The van der Waals surface area contributed by atoms with Gasteiger partial charge in [0.2, 0.25) is 5.95 Å². The number of hydrogen-bond acceptors (Lipinski definition) is 7. The van der Waals surface area contributed by atoms with Gasteiger partial charge in [-0.2, -0.15) is 0 Å². The number of nitrogens with one attached hydrogen (secondary N) is 2. The molecule has 1 aromatic carbocycles. The number of anilines is 1. The first-order valence-electron chi connectivity index (χ1n) is 12.3. The fourth-order valence-corrected chi connectivity index (χ4v) is 5.36. The third-order valence-corrected chi connectivity index (χ3v) is 7.34. The number of hydrogen-bond donors (Lipinski definition) is 2. The van der Waals surface area contributed by atoms with Crippen LogP contribution in [0.1, 0.15) is 49.9 Å². The van der Waals surface area contributed by atoms with Crippen molar-refractivity contribution in [2.24, 2.45) is 5.92 Å². The summed E-state index contributed by atoms with van der Waals surface area (Å²) in [5, 5.41) is 5.74. The van der Waals surface area contributed by atoms with Crippen molar-refractivity contribution >= 4 is 34.9 Å². The molecule has 34 heavy (non-hydrogen) atoms. The highest BCUT2D eigenvalue weighted by Gasteiger charge is 2.26. The normalized spacial score (nSPS) is 21.6. The molecule has 7 nitrogen and oxygen atoms in total. The van der Waals surface area contributed by atoms with E-state index in [1.807, 2.05) is 13.8 Å². The van der Waals surface area contributed by atoms with Crippen LogP contribution < -0.4 is 15.5 Å². The Balaban J connectivity index is 0.00000133. The Kier molecular flexibility index (Phi) is 8.34. The molecule has 2 saturated heterocycles. The summed E-state index contributed by atoms with van der Waals surface area (Å²) in [4.78, 5) is 34.7. The lowest BCUT2D eigenvalue weighted by Gasteiger charge is -2.33. The van der Waals surface area contributed by atoms with Crippen LogP contribution in [0.15, 0.2) is 41.4 Å². The van der Waals surface area contributed by atoms with Crippen LogP contribution in [0.25, 0.3) is 6.08 Å². The molecule has 180 valence electrons. The Morgan fingerprint density at radius 2 is 1.88 bits per heavy atom. The smallest absolute Gasteiger partial charge is 0.290 e. The molecule has 3 heterocycles. The van der Waals surface area contributed by atoms with Gasteiger partial charge in [0.1, 0.15) is 0 Å². The number of carbonyl (C=O) groups is 2. The molecular formula is C26H33N5O2S. The number of imide groups is 1. The molecule has 2 fully saturated rings. The molecule has 0 spiro atoms. The minimum atomic E-state index is -0.366. The molecule has 8 heteroatoms. The van der Waals surface area contributed by atoms with Gasteiger partial charge in [0, 0.05) is 25.3 Å². The Bertz CT molecular complexity index is 1050. The average molecular weight is 480 g/mol. The predicted molar refractivity (Wildman–Crippen MR) is 138 cm³/mol. The number of aryl methyl sites for hydroxylation is 1. The summed E-state index contributed by atoms with van der Waals surface area (Å²) < 4.78 is 0. The molecular weight excluding hydrogens is 446 g/mol. The lowest BCUT2D eigenvalue weighted by molar-refractivity contribution is -0.115. The summed E-state index contributed by atoms with van der Waals surface area (Å²) in [6.07, 6.45) is 9.10. The molecule has 0 saturated carbocycles. The Morgan fingerprint density at radius 3 is 2.62 bits per heavy atom. The third-order valence-electron chi connectivity index (χ3n) is 6.52. The molecule has 2 N–H and O–H groups in total. The van der Waals surface area contributed by atoms with Crippen LogP contribution in [0.4, 0.5) is 10.7 Å². The minimum Gasteiger partial charge on any atom is -0.341 e. The number of benzene rings is 1. The van der Waals surface area contributed by atoms with Crippen LogP contribution in [0.3, 0.4) is 0 Å². The number of aromatic nitrogens is 2. The van der Waals surface area contributed by atoms with E-state index in [1.54, 1.807) is 18.3 Å². The molecule has 0 bridgehead atoms. The van der Waals surface area contributed by atoms with Crippen LogP contribution in [0.2, 0.25) is 0 Å². The van der Waals surface area contributed by atoms with E-state index < -0.39 is 0 Å². The van der Waals surface area contributed by atoms with Gasteiger partial charge in [0.25, 0.3) is 11.1 Å². The topological polar surface area (TPSA) is 87.2 Å². The van der Waals surface area contributed by atoms with E-state index in [9.17, 15) is 9.59 Å². The number of thioether (sulfide) groups is 1. The maximum absolute atomic E-state index is 11.8. The average Bonchev–Trinajstić information content (AvgIpc) is 3.20. The van der Waals surface area contributed by atoms with E-state index in [0.29, 0.717) is 28.5 Å². The zero-order valence-corrected chi connectivity index (χ0v) is 20.7. The monoisotopic (exact) mass is 479 g/mol. The molecule has 2 aliphatic heterocycles. The second kappa shape index (κ2) is 11.6. The standard InChI is InChI=1S/C24H27N5O2S.C2H6/c30-22-21(32-24(31)28-22)14-20-7-10-25-23(27-20)29-11-8-16(9-12-29)15-26-19-6-5-17-3-1-2-4-18(17)13-19;1-2/h1-4,7,10,14,16,19,26H,5-6,8-9,11-13,15H2,(H,28,30,31);1-2H3/b21-14-;. The van der Waals surface area contributed by atoms with Crippen LogP contribution in [-0.4, -0.2) is 46.8 Å². The second-order valence-corrected chi connectivity index (χ2v) is 9.70. The van der Waals surface area contributed by atoms with Crippen LogP contribution in [0, 0.1) is 5.92 Å². The highest BCUT2D eigenvalue weighted by Crippen LogP contribution is 2.26. The van der Waals surface area contributed by atoms with Crippen molar-refractivity contribution in [2.45, 2.75) is 52.0 Å². The molecule has 1 aromatic heterocycles. The van der Waals surface area contributed by atoms with Crippen molar-refractivity contribution in [3.8, 4) is 0 Å². The molecule has 0 radical (unpaired) electrons. The summed E-state index contributed by atoms with van der Waals surface area (Å²) in [5.74, 6) is 0.984. The van der Waals surface area contributed by atoms with Gasteiger partial charge in [-0.05, 0) is 79.6 Å². The lowest BCUT2D eigenvalue weighted by atomic mass is 9.87. The third kappa shape index (κ3) is 6.04. The first kappa shape index (κ1) is 24.4. The van der Waals surface area contributed by atoms with Gasteiger partial charge in [0.15, 0.2) is 0 Å². The van der Waals surface area contributed by atoms with Gasteiger partial charge in [-0.1, -0.05) is 38.1 Å². The predicted octanol–water partition coefficient (Wildman–Crippen LogP) is 4.19. The minimum absolute atomic E-state index is 0.344. The van der Waals surface area contributed by atoms with Crippen molar-refractivity contribution < 1.29 is 9.59 Å². The fourth-order valence-electron chi connectivity index (χ4n) is 4.69. The second-order valence-electron chi connectivity index (χ2n) is 8.68. The van der Waals surface area contributed by atoms with Gasteiger partial charge in [-0.15, -0.1) is 0 Å². The maximum Gasteiger partial charge on any atom is 0.290 e. The van der Waals surface area contributed by atoms with E-state index >= 15 is 0 Å².